The third-order valence-electron chi connectivity index (χ3n) is 2.99. The van der Waals surface area contributed by atoms with E-state index in [9.17, 15) is 14.8 Å². The number of fused-ring (bicyclic) bond motifs is 1. The highest BCUT2D eigenvalue weighted by atomic mass is 31.2. The molecule has 6 nitrogen and oxygen atoms in total. The predicted octanol–water partition coefficient (Wildman–Crippen LogP) is 3.04. The van der Waals surface area contributed by atoms with Crippen molar-refractivity contribution in [2.45, 2.75) is 0 Å². The summed E-state index contributed by atoms with van der Waals surface area (Å²) in [5, 5.41) is 20.3. The van der Waals surface area contributed by atoms with Gasteiger partial charge in [-0.25, -0.2) is 0 Å². The van der Waals surface area contributed by atoms with E-state index in [1.165, 1.54) is 0 Å². The summed E-state index contributed by atoms with van der Waals surface area (Å²) < 4.78 is 26.7. The van der Waals surface area contributed by atoms with Gasteiger partial charge < -0.3 is 23.8 Å². The zero-order valence-corrected chi connectivity index (χ0v) is 10.3. The van der Waals surface area contributed by atoms with Gasteiger partial charge in [0.05, 0.1) is 5.56 Å². The summed E-state index contributed by atoms with van der Waals surface area (Å²) in [5.74, 6) is -0.757. The Kier molecular flexibility index (Phi) is 1.76. The number of phenols is 2. The van der Waals surface area contributed by atoms with E-state index >= 15 is 0 Å². The molecule has 7 heteroatoms. The van der Waals surface area contributed by atoms with Crippen LogP contribution in [-0.2, 0) is 4.57 Å². The highest BCUT2D eigenvalue weighted by Gasteiger charge is 2.54. The Morgan fingerprint density at radius 3 is 1.89 bits per heavy atom. The van der Waals surface area contributed by atoms with Gasteiger partial charge in [0.2, 0.25) is 17.2 Å². The summed E-state index contributed by atoms with van der Waals surface area (Å²) >= 11 is 0. The first-order chi connectivity index (χ1) is 9.09. The fraction of sp³-hybridized carbons (Fsp3) is 0. The minimum Gasteiger partial charge on any atom is -0.504 e. The summed E-state index contributed by atoms with van der Waals surface area (Å²) in [6.45, 7) is 0. The Balaban J connectivity index is 2.05. The van der Waals surface area contributed by atoms with Crippen LogP contribution in [0.15, 0.2) is 30.3 Å². The SMILES string of the molecule is O=P12Oc3c(O)c(-c4ccccc4)c(O)c(c3O1)O2. The lowest BCUT2D eigenvalue weighted by Gasteiger charge is -2.16. The Bertz CT molecular complexity index is 718. The Morgan fingerprint density at radius 1 is 0.842 bits per heavy atom. The molecule has 0 saturated carbocycles. The minimum atomic E-state index is -3.73. The molecular weight excluding hydrogens is 271 g/mol. The van der Waals surface area contributed by atoms with Crippen LogP contribution in [0, 0.1) is 0 Å². The van der Waals surface area contributed by atoms with Crippen molar-refractivity contribution in [3.63, 3.8) is 0 Å². The van der Waals surface area contributed by atoms with Crippen LogP contribution in [0.1, 0.15) is 0 Å². The molecule has 2 aliphatic heterocycles. The Hall–Kier alpha value is -2.33. The van der Waals surface area contributed by atoms with Gasteiger partial charge in [-0.2, -0.15) is 4.57 Å². The molecule has 2 heterocycles. The fourth-order valence-corrected chi connectivity index (χ4v) is 3.47. The number of aromatic hydroxyl groups is 2. The third kappa shape index (κ3) is 1.24. The lowest BCUT2D eigenvalue weighted by atomic mass is 10.0. The normalized spacial score (nSPS) is 16.6. The molecule has 2 aromatic carbocycles. The van der Waals surface area contributed by atoms with Crippen LogP contribution in [0.3, 0.4) is 0 Å². The molecule has 0 radical (unpaired) electrons. The molecule has 19 heavy (non-hydrogen) atoms. The second-order valence-corrected chi connectivity index (χ2v) is 5.59. The number of rotatable bonds is 1. The second kappa shape index (κ2) is 3.16. The maximum absolute atomic E-state index is 11.8. The van der Waals surface area contributed by atoms with E-state index in [4.69, 9.17) is 13.6 Å². The van der Waals surface area contributed by atoms with E-state index in [1.807, 2.05) is 6.07 Å². The first-order valence-electron chi connectivity index (χ1n) is 5.45. The highest BCUT2D eigenvalue weighted by Crippen LogP contribution is 2.74. The van der Waals surface area contributed by atoms with Gasteiger partial charge in [0.15, 0.2) is 11.5 Å². The molecule has 96 valence electrons. The van der Waals surface area contributed by atoms with Crippen molar-refractivity contribution in [3.05, 3.63) is 30.3 Å². The summed E-state index contributed by atoms with van der Waals surface area (Å²) in [6, 6.07) is 8.75. The quantitative estimate of drug-likeness (QED) is 0.780. The van der Waals surface area contributed by atoms with Gasteiger partial charge in [-0.1, -0.05) is 30.3 Å². The topological polar surface area (TPSA) is 85.2 Å². The standard InChI is InChI=1S/C12H7O6P/c13-8-7(6-4-2-1-3-5-6)9(14)11-12-10(8)16-19(15,17-11)18-12/h1-5,13-14H. The smallest absolute Gasteiger partial charge is 0.504 e. The monoisotopic (exact) mass is 278 g/mol. The summed E-state index contributed by atoms with van der Waals surface area (Å²) in [7, 11) is -3.73. The summed E-state index contributed by atoms with van der Waals surface area (Å²) in [4.78, 5) is 0. The first-order valence-corrected chi connectivity index (χ1v) is 6.91. The van der Waals surface area contributed by atoms with Crippen LogP contribution in [0.5, 0.6) is 28.7 Å². The van der Waals surface area contributed by atoms with Crippen molar-refractivity contribution in [2.24, 2.45) is 0 Å². The molecule has 2 aliphatic rings. The zero-order valence-electron chi connectivity index (χ0n) is 9.36. The number of benzene rings is 2. The molecule has 4 rings (SSSR count). The number of hydrogen-bond acceptors (Lipinski definition) is 6. The maximum atomic E-state index is 11.8. The average Bonchev–Trinajstić information content (AvgIpc) is 2.92. The molecule has 2 aromatic rings. The lowest BCUT2D eigenvalue weighted by molar-refractivity contribution is 0.335. The Labute approximate surface area is 107 Å². The van der Waals surface area contributed by atoms with Gasteiger partial charge in [-0.3, -0.25) is 0 Å². The molecule has 2 N–H and O–H groups in total. The second-order valence-electron chi connectivity index (χ2n) is 4.15. The molecule has 0 fully saturated rings. The summed E-state index contributed by atoms with van der Waals surface area (Å²) in [6.07, 6.45) is 0. The van der Waals surface area contributed by atoms with E-state index in [-0.39, 0.29) is 34.3 Å². The molecule has 0 spiro atoms. The summed E-state index contributed by atoms with van der Waals surface area (Å²) in [5.41, 5.74) is 0.739. The van der Waals surface area contributed by atoms with Crippen molar-refractivity contribution in [3.8, 4) is 39.9 Å². The van der Waals surface area contributed by atoms with Gasteiger partial charge in [-0.05, 0) is 5.56 Å². The molecule has 0 aliphatic carbocycles. The predicted molar refractivity (Wildman–Crippen MR) is 64.7 cm³/mol. The van der Waals surface area contributed by atoms with Crippen LogP contribution < -0.4 is 13.6 Å². The minimum absolute atomic E-state index is 0.0157. The van der Waals surface area contributed by atoms with Gasteiger partial charge in [-0.15, -0.1) is 0 Å². The van der Waals surface area contributed by atoms with Crippen molar-refractivity contribution in [1.82, 2.24) is 0 Å². The number of phenolic OH excluding ortho intramolecular Hbond substituents is 2. The van der Waals surface area contributed by atoms with E-state index < -0.39 is 7.82 Å². The number of phosphoric ester groups is 1. The van der Waals surface area contributed by atoms with Crippen LogP contribution >= 0.6 is 7.82 Å². The van der Waals surface area contributed by atoms with E-state index in [2.05, 4.69) is 0 Å². The van der Waals surface area contributed by atoms with Crippen molar-refractivity contribution in [2.75, 3.05) is 0 Å². The molecule has 0 amide bonds. The fourth-order valence-electron chi connectivity index (χ4n) is 2.18. The van der Waals surface area contributed by atoms with Crippen LogP contribution in [0.2, 0.25) is 0 Å². The Morgan fingerprint density at radius 2 is 1.37 bits per heavy atom. The maximum Gasteiger partial charge on any atom is 0.647 e. The van der Waals surface area contributed by atoms with Crippen LogP contribution in [0.25, 0.3) is 11.1 Å². The van der Waals surface area contributed by atoms with E-state index in [0.717, 1.165) is 0 Å². The van der Waals surface area contributed by atoms with Crippen LogP contribution in [-0.4, -0.2) is 10.2 Å². The van der Waals surface area contributed by atoms with E-state index in [1.54, 1.807) is 24.3 Å². The molecule has 2 bridgehead atoms. The van der Waals surface area contributed by atoms with Crippen molar-refractivity contribution >= 4 is 7.82 Å². The van der Waals surface area contributed by atoms with Gasteiger partial charge in [0.1, 0.15) is 0 Å². The van der Waals surface area contributed by atoms with Gasteiger partial charge >= 0.3 is 7.82 Å². The van der Waals surface area contributed by atoms with Crippen LogP contribution in [0.4, 0.5) is 0 Å². The average molecular weight is 278 g/mol. The van der Waals surface area contributed by atoms with E-state index in [0.29, 0.717) is 5.56 Å². The van der Waals surface area contributed by atoms with Crippen molar-refractivity contribution in [1.29, 1.82) is 0 Å². The molecular formula is C12H7O6P. The molecule has 0 atom stereocenters. The lowest BCUT2D eigenvalue weighted by Crippen LogP contribution is -1.99. The van der Waals surface area contributed by atoms with Crippen molar-refractivity contribution < 1.29 is 28.3 Å². The number of hydrogen-bond donors (Lipinski definition) is 2. The van der Waals surface area contributed by atoms with Gasteiger partial charge in [0.25, 0.3) is 0 Å². The zero-order chi connectivity index (χ0) is 13.2. The first kappa shape index (κ1) is 10.6. The molecule has 0 saturated heterocycles. The highest BCUT2D eigenvalue weighted by molar-refractivity contribution is 7.50. The number of phosphoric acid groups is 1. The third-order valence-corrected chi connectivity index (χ3v) is 4.21. The molecule has 0 unspecified atom stereocenters. The van der Waals surface area contributed by atoms with Gasteiger partial charge in [0, 0.05) is 0 Å². The molecule has 0 aromatic heterocycles. The largest absolute Gasteiger partial charge is 0.647 e.